The van der Waals surface area contributed by atoms with Crippen LogP contribution in [0.4, 0.5) is 4.79 Å². The third-order valence-electron chi connectivity index (χ3n) is 6.77. The monoisotopic (exact) mass is 493 g/mol. The van der Waals surface area contributed by atoms with Crippen LogP contribution in [-0.4, -0.2) is 48.3 Å². The van der Waals surface area contributed by atoms with E-state index in [9.17, 15) is 14.4 Å². The first-order valence-corrected chi connectivity index (χ1v) is 12.0. The number of amides is 4. The molecule has 4 aromatic rings. The van der Waals surface area contributed by atoms with Gasteiger partial charge in [0, 0.05) is 13.6 Å². The standard InChI is InChI=1S/C30H27N3O4/c1-32(19-21-13-14-23-18-26(37-2)16-15-22(23)17-21)27(34)20-33-28(35)30(31-29(33)36,24-9-5-3-6-10-24)25-11-7-4-8-12-25/h3-18H,19-20H2,1-2H3,(H,31,36). The molecule has 4 amide bonds. The minimum atomic E-state index is -1.39. The maximum absolute atomic E-state index is 13.8. The first-order chi connectivity index (χ1) is 17.9. The highest BCUT2D eigenvalue weighted by molar-refractivity contribution is 6.11. The molecule has 0 aromatic heterocycles. The van der Waals surface area contributed by atoms with Crippen LogP contribution in [0.3, 0.4) is 0 Å². The molecule has 0 radical (unpaired) electrons. The fraction of sp³-hybridized carbons (Fsp3) is 0.167. The van der Waals surface area contributed by atoms with Gasteiger partial charge in [-0.15, -0.1) is 0 Å². The van der Waals surface area contributed by atoms with Crippen LogP contribution < -0.4 is 10.1 Å². The van der Waals surface area contributed by atoms with Crippen molar-refractivity contribution in [2.75, 3.05) is 20.7 Å². The largest absolute Gasteiger partial charge is 0.497 e. The van der Waals surface area contributed by atoms with Crippen LogP contribution in [0, 0.1) is 0 Å². The Morgan fingerprint density at radius 1 is 0.865 bits per heavy atom. The summed E-state index contributed by atoms with van der Waals surface area (Å²) >= 11 is 0. The quantitative estimate of drug-likeness (QED) is 0.390. The number of carbonyl (C=O) groups excluding carboxylic acids is 3. The molecule has 7 nitrogen and oxygen atoms in total. The maximum Gasteiger partial charge on any atom is 0.326 e. The molecule has 0 aliphatic carbocycles. The summed E-state index contributed by atoms with van der Waals surface area (Å²) in [4.78, 5) is 42.6. The maximum atomic E-state index is 13.8. The molecule has 0 atom stereocenters. The van der Waals surface area contributed by atoms with Crippen LogP contribution in [0.1, 0.15) is 16.7 Å². The number of hydrogen-bond donors (Lipinski definition) is 1. The van der Waals surface area contributed by atoms with E-state index in [0.717, 1.165) is 27.0 Å². The fourth-order valence-electron chi connectivity index (χ4n) is 4.77. The average molecular weight is 494 g/mol. The molecule has 5 rings (SSSR count). The number of nitrogens with one attached hydrogen (secondary N) is 1. The Kier molecular flexibility index (Phi) is 6.36. The second-order valence-corrected chi connectivity index (χ2v) is 9.10. The second kappa shape index (κ2) is 9.78. The molecule has 1 saturated heterocycles. The first-order valence-electron chi connectivity index (χ1n) is 12.0. The van der Waals surface area contributed by atoms with Gasteiger partial charge in [-0.05, 0) is 45.7 Å². The van der Waals surface area contributed by atoms with Crippen molar-refractivity contribution in [3.8, 4) is 5.75 Å². The lowest BCUT2D eigenvalue weighted by atomic mass is 9.82. The van der Waals surface area contributed by atoms with Gasteiger partial charge in [-0.25, -0.2) is 4.79 Å². The lowest BCUT2D eigenvalue weighted by Gasteiger charge is -2.28. The molecular weight excluding hydrogens is 466 g/mol. The zero-order chi connectivity index (χ0) is 26.0. The number of ether oxygens (including phenoxy) is 1. The Bertz CT molecular complexity index is 1430. The summed E-state index contributed by atoms with van der Waals surface area (Å²) in [7, 11) is 3.30. The first kappa shape index (κ1) is 24.1. The molecule has 1 aliphatic rings. The van der Waals surface area contributed by atoms with Crippen molar-refractivity contribution in [1.82, 2.24) is 15.1 Å². The number of carbonyl (C=O) groups is 3. The van der Waals surface area contributed by atoms with Crippen molar-refractivity contribution in [2.24, 2.45) is 0 Å². The van der Waals surface area contributed by atoms with Gasteiger partial charge in [0.05, 0.1) is 7.11 Å². The lowest BCUT2D eigenvalue weighted by molar-refractivity contribution is -0.138. The van der Waals surface area contributed by atoms with Gasteiger partial charge in [-0.2, -0.15) is 0 Å². The molecule has 7 heteroatoms. The third-order valence-corrected chi connectivity index (χ3v) is 6.77. The third kappa shape index (κ3) is 4.40. The number of fused-ring (bicyclic) bond motifs is 1. The highest BCUT2D eigenvalue weighted by Gasteiger charge is 2.54. The number of hydrogen-bond acceptors (Lipinski definition) is 4. The van der Waals surface area contributed by atoms with Crippen molar-refractivity contribution in [3.05, 3.63) is 114 Å². The zero-order valence-corrected chi connectivity index (χ0v) is 20.7. The van der Waals surface area contributed by atoms with E-state index in [4.69, 9.17) is 4.74 Å². The SMILES string of the molecule is COc1ccc2cc(CN(C)C(=O)CN3C(=O)NC(c4ccccc4)(c4ccccc4)C3=O)ccc2c1. The predicted octanol–water partition coefficient (Wildman–Crippen LogP) is 4.30. The second-order valence-electron chi connectivity index (χ2n) is 9.10. The molecule has 0 unspecified atom stereocenters. The van der Waals surface area contributed by atoms with Gasteiger partial charge in [0.15, 0.2) is 5.54 Å². The topological polar surface area (TPSA) is 79.0 Å². The van der Waals surface area contributed by atoms with Crippen molar-refractivity contribution < 1.29 is 19.1 Å². The van der Waals surface area contributed by atoms with E-state index in [1.54, 1.807) is 38.4 Å². The summed E-state index contributed by atoms with van der Waals surface area (Å²) in [6.07, 6.45) is 0. The van der Waals surface area contributed by atoms with Crippen LogP contribution in [0.2, 0.25) is 0 Å². The van der Waals surface area contributed by atoms with E-state index in [2.05, 4.69) is 5.32 Å². The molecule has 0 bridgehead atoms. The Balaban J connectivity index is 1.36. The minimum Gasteiger partial charge on any atom is -0.497 e. The molecule has 1 fully saturated rings. The molecular formula is C30H27N3O4. The van der Waals surface area contributed by atoms with Gasteiger partial charge in [0.2, 0.25) is 5.91 Å². The summed E-state index contributed by atoms with van der Waals surface area (Å²) in [5, 5.41) is 4.95. The van der Waals surface area contributed by atoms with E-state index in [1.165, 1.54) is 4.90 Å². The van der Waals surface area contributed by atoms with E-state index in [1.807, 2.05) is 72.8 Å². The number of imide groups is 1. The average Bonchev–Trinajstić information content (AvgIpc) is 3.19. The van der Waals surface area contributed by atoms with Crippen molar-refractivity contribution in [2.45, 2.75) is 12.1 Å². The van der Waals surface area contributed by atoms with Gasteiger partial charge in [0.25, 0.3) is 5.91 Å². The molecule has 186 valence electrons. The summed E-state index contributed by atoms with van der Waals surface area (Å²) in [6, 6.07) is 29.4. The van der Waals surface area contributed by atoms with E-state index >= 15 is 0 Å². The Morgan fingerprint density at radius 2 is 1.46 bits per heavy atom. The minimum absolute atomic E-state index is 0.338. The molecule has 37 heavy (non-hydrogen) atoms. The normalized spacial score (nSPS) is 14.5. The molecule has 0 spiro atoms. The summed E-state index contributed by atoms with van der Waals surface area (Å²) in [6.45, 7) is -0.0136. The number of rotatable bonds is 7. The molecule has 1 N–H and O–H groups in total. The molecule has 1 aliphatic heterocycles. The number of urea groups is 1. The highest BCUT2D eigenvalue weighted by atomic mass is 16.5. The summed E-state index contributed by atoms with van der Waals surface area (Å²) in [5.74, 6) is -0.0327. The van der Waals surface area contributed by atoms with Crippen LogP contribution in [0.15, 0.2) is 97.1 Å². The zero-order valence-electron chi connectivity index (χ0n) is 20.7. The number of methoxy groups -OCH3 is 1. The number of likely N-dealkylation sites (N-methyl/N-ethyl adjacent to an activating group) is 1. The Labute approximate surface area is 215 Å². The van der Waals surface area contributed by atoms with Crippen LogP contribution in [-0.2, 0) is 21.7 Å². The van der Waals surface area contributed by atoms with E-state index < -0.39 is 17.5 Å². The van der Waals surface area contributed by atoms with Crippen LogP contribution >= 0.6 is 0 Å². The predicted molar refractivity (Wildman–Crippen MR) is 141 cm³/mol. The Hall–Kier alpha value is -4.65. The van der Waals surface area contributed by atoms with Gasteiger partial charge in [-0.3, -0.25) is 14.5 Å². The van der Waals surface area contributed by atoms with Crippen molar-refractivity contribution in [3.63, 3.8) is 0 Å². The van der Waals surface area contributed by atoms with E-state index in [0.29, 0.717) is 17.7 Å². The summed E-state index contributed by atoms with van der Waals surface area (Å²) < 4.78 is 5.28. The lowest BCUT2D eigenvalue weighted by Crippen LogP contribution is -2.46. The number of benzene rings is 4. The smallest absolute Gasteiger partial charge is 0.326 e. The highest BCUT2D eigenvalue weighted by Crippen LogP contribution is 2.36. The summed E-state index contributed by atoms with van der Waals surface area (Å²) in [5.41, 5.74) is 0.817. The molecule has 0 saturated carbocycles. The Morgan fingerprint density at radius 3 is 2.08 bits per heavy atom. The van der Waals surface area contributed by atoms with Gasteiger partial charge in [-0.1, -0.05) is 78.9 Å². The van der Waals surface area contributed by atoms with Crippen molar-refractivity contribution in [1.29, 1.82) is 0 Å². The van der Waals surface area contributed by atoms with Crippen LogP contribution in [0.25, 0.3) is 10.8 Å². The van der Waals surface area contributed by atoms with Crippen LogP contribution in [0.5, 0.6) is 5.75 Å². The number of nitrogens with zero attached hydrogens (tertiary/aromatic N) is 2. The van der Waals surface area contributed by atoms with Gasteiger partial charge < -0.3 is 15.0 Å². The van der Waals surface area contributed by atoms with Gasteiger partial charge in [0.1, 0.15) is 12.3 Å². The van der Waals surface area contributed by atoms with Crippen molar-refractivity contribution >= 4 is 28.6 Å². The van der Waals surface area contributed by atoms with Gasteiger partial charge >= 0.3 is 6.03 Å². The fourth-order valence-corrected chi connectivity index (χ4v) is 4.77. The molecule has 1 heterocycles. The molecule has 4 aromatic carbocycles. The van der Waals surface area contributed by atoms with E-state index in [-0.39, 0.29) is 12.5 Å².